The van der Waals surface area contributed by atoms with Crippen molar-refractivity contribution in [1.29, 1.82) is 0 Å². The Morgan fingerprint density at radius 3 is 1.10 bits per heavy atom. The lowest BCUT2D eigenvalue weighted by Gasteiger charge is -2.48. The van der Waals surface area contributed by atoms with Gasteiger partial charge in [0, 0.05) is 65.3 Å². The van der Waals surface area contributed by atoms with Gasteiger partial charge in [-0.05, 0) is 145 Å². The minimum absolute atomic E-state index is 0.160. The first-order valence-corrected chi connectivity index (χ1v) is 32.9. The molecule has 476 valence electrons. The number of hydrogen-bond acceptors (Lipinski definition) is 12. The third-order valence-electron chi connectivity index (χ3n) is 20.0. The van der Waals surface area contributed by atoms with Gasteiger partial charge in [-0.25, -0.2) is 9.59 Å². The van der Waals surface area contributed by atoms with Gasteiger partial charge in [0.25, 0.3) is 0 Å². The minimum atomic E-state index is -0.566. The number of ether oxygens (including phenoxy) is 8. The predicted octanol–water partition coefficient (Wildman–Crippen LogP) is 18.5. The molecule has 0 amide bonds. The molecule has 0 unspecified atom stereocenters. The Bertz CT molecular complexity index is 4300. The number of rotatable bonds is 14. The van der Waals surface area contributed by atoms with Crippen LogP contribution < -0.4 is 37.9 Å². The number of hydrogen-bond donors (Lipinski definition) is 0. The van der Waals surface area contributed by atoms with Gasteiger partial charge in [-0.15, -0.1) is 0 Å². The van der Waals surface area contributed by atoms with Gasteiger partial charge in [-0.2, -0.15) is 0 Å². The van der Waals surface area contributed by atoms with Gasteiger partial charge in [0.1, 0.15) is 59.2 Å². The summed E-state index contributed by atoms with van der Waals surface area (Å²) in [6.45, 7) is 14.0. The van der Waals surface area contributed by atoms with Crippen LogP contribution in [0, 0.1) is 10.8 Å². The molecule has 0 fully saturated rings. The molecular formula is C80H70Br2O12. The minimum Gasteiger partial charge on any atom is -0.496 e. The van der Waals surface area contributed by atoms with Crippen LogP contribution in [-0.2, 0) is 24.0 Å². The SMILES string of the molecule is COc1ccc(OC(=O)c2ccc(Br)cc2)c2c1C1=C[C@@]3(C(C)=CCCC3(C)C)c3c(OC)cc(OCc4ccccc4)c(c31)C2=O.COc1ccc(OC(=O)c2ccc(Br)cc2)c2c1C1=C[C@@]3(C(C)=CCCC3(C)C)c3c(OC)cc(OCc4ccccc4)c(c31)C2=O. The molecule has 14 rings (SSSR count). The number of fused-ring (bicyclic) bond motifs is 6. The molecular weight excluding hydrogens is 1310 g/mol. The molecule has 2 atom stereocenters. The van der Waals surface area contributed by atoms with Gasteiger partial charge < -0.3 is 37.9 Å². The number of benzene rings is 8. The molecule has 0 N–H and O–H groups in total. The van der Waals surface area contributed by atoms with Crippen LogP contribution in [0.4, 0.5) is 0 Å². The van der Waals surface area contributed by atoms with Gasteiger partial charge in [0.05, 0.1) is 61.8 Å². The standard InChI is InChI=1S/2C40H35BrO6/c2*1-23-10-9-19-39(2,3)40(23)21-27-32-28(44-4)17-18-29(47-38(43)25-13-15-26(41)16-14-25)34(32)37(42)35-30(20-31(45-5)36(40)33(27)35)46-22-24-11-7-6-8-12-24/h2*6-8,10-18,20-21H,9,19,22H2,1-5H3/t2*40-/m11/s1. The molecule has 6 aliphatic carbocycles. The summed E-state index contributed by atoms with van der Waals surface area (Å²) in [6, 6.07) is 44.0. The summed E-state index contributed by atoms with van der Waals surface area (Å²) in [7, 11) is 6.51. The normalized spacial score (nSPS) is 18.6. The highest BCUT2D eigenvalue weighted by atomic mass is 79.9. The molecule has 94 heavy (non-hydrogen) atoms. The Balaban J connectivity index is 0.000000171. The molecule has 0 radical (unpaired) electrons. The van der Waals surface area contributed by atoms with E-state index < -0.39 is 22.8 Å². The maximum Gasteiger partial charge on any atom is 0.343 e. The smallest absolute Gasteiger partial charge is 0.343 e. The van der Waals surface area contributed by atoms with Crippen LogP contribution in [0.1, 0.15) is 164 Å². The topological polar surface area (TPSA) is 142 Å². The highest BCUT2D eigenvalue weighted by Crippen LogP contribution is 2.68. The zero-order valence-corrected chi connectivity index (χ0v) is 57.2. The molecule has 14 heteroatoms. The van der Waals surface area contributed by atoms with Gasteiger partial charge in [0.2, 0.25) is 11.6 Å². The molecule has 0 aliphatic heterocycles. The highest BCUT2D eigenvalue weighted by molar-refractivity contribution is 9.10. The van der Waals surface area contributed by atoms with E-state index in [1.165, 1.54) is 11.1 Å². The van der Waals surface area contributed by atoms with E-state index in [2.05, 4.69) is 97.7 Å². The zero-order chi connectivity index (χ0) is 66.2. The van der Waals surface area contributed by atoms with Crippen LogP contribution in [0.25, 0.3) is 11.1 Å². The highest BCUT2D eigenvalue weighted by Gasteiger charge is 2.58. The van der Waals surface area contributed by atoms with E-state index in [1.54, 1.807) is 101 Å². The molecule has 8 aromatic carbocycles. The van der Waals surface area contributed by atoms with E-state index in [4.69, 9.17) is 37.9 Å². The number of halogens is 2. The van der Waals surface area contributed by atoms with Crippen molar-refractivity contribution in [2.24, 2.45) is 10.8 Å². The van der Waals surface area contributed by atoms with Crippen molar-refractivity contribution in [3.63, 3.8) is 0 Å². The molecule has 0 bridgehead atoms. The van der Waals surface area contributed by atoms with Crippen LogP contribution in [0.15, 0.2) is 190 Å². The van der Waals surface area contributed by atoms with Gasteiger partial charge in [0.15, 0.2) is 0 Å². The summed E-state index contributed by atoms with van der Waals surface area (Å²) in [6.07, 6.45) is 13.0. The van der Waals surface area contributed by atoms with Crippen molar-refractivity contribution in [1.82, 2.24) is 0 Å². The predicted molar refractivity (Wildman–Crippen MR) is 370 cm³/mol. The second-order valence-electron chi connectivity index (χ2n) is 25.8. The summed E-state index contributed by atoms with van der Waals surface area (Å²) in [5.41, 5.74) is 11.2. The van der Waals surface area contributed by atoms with E-state index in [1.807, 2.05) is 72.8 Å². The second-order valence-corrected chi connectivity index (χ2v) is 27.6. The largest absolute Gasteiger partial charge is 0.496 e. The molecule has 0 heterocycles. The van der Waals surface area contributed by atoms with Gasteiger partial charge in [-0.3, -0.25) is 9.59 Å². The Kier molecular flexibility index (Phi) is 16.6. The van der Waals surface area contributed by atoms with Crippen molar-refractivity contribution < 1.29 is 57.1 Å². The van der Waals surface area contributed by atoms with Crippen LogP contribution in [-0.4, -0.2) is 51.9 Å². The third kappa shape index (κ3) is 10.2. The lowest BCUT2D eigenvalue weighted by molar-refractivity contribution is 0.0721. The summed E-state index contributed by atoms with van der Waals surface area (Å²) in [5.74, 6) is 1.75. The second kappa shape index (κ2) is 24.6. The van der Waals surface area contributed by atoms with E-state index in [0.717, 1.165) is 79.2 Å². The van der Waals surface area contributed by atoms with Gasteiger partial charge >= 0.3 is 11.9 Å². The summed E-state index contributed by atoms with van der Waals surface area (Å²) in [5, 5.41) is 0. The first-order valence-electron chi connectivity index (χ1n) is 31.3. The molecule has 6 aliphatic rings. The number of carbonyl (C=O) groups is 4. The average Bonchev–Trinajstić information content (AvgIpc) is 1.51. The quantitative estimate of drug-likeness (QED) is 0.0581. The number of methoxy groups -OCH3 is 4. The Labute approximate surface area is 564 Å². The van der Waals surface area contributed by atoms with Crippen LogP contribution in [0.5, 0.6) is 46.0 Å². The molecule has 12 nitrogen and oxygen atoms in total. The van der Waals surface area contributed by atoms with Crippen molar-refractivity contribution >= 4 is 66.5 Å². The van der Waals surface area contributed by atoms with Gasteiger partial charge in [-0.1, -0.05) is 156 Å². The van der Waals surface area contributed by atoms with Crippen molar-refractivity contribution in [3.05, 3.63) is 268 Å². The van der Waals surface area contributed by atoms with Crippen LogP contribution >= 0.6 is 31.9 Å². The third-order valence-corrected chi connectivity index (χ3v) is 21.1. The summed E-state index contributed by atoms with van der Waals surface area (Å²) >= 11 is 6.83. The maximum atomic E-state index is 15.0. The number of ketones is 2. The molecule has 2 spiro atoms. The van der Waals surface area contributed by atoms with Crippen LogP contribution in [0.3, 0.4) is 0 Å². The molecule has 0 aromatic heterocycles. The lowest BCUT2D eigenvalue weighted by Crippen LogP contribution is -2.43. The fourth-order valence-corrected chi connectivity index (χ4v) is 15.8. The fourth-order valence-electron chi connectivity index (χ4n) is 15.3. The Morgan fingerprint density at radius 1 is 0.415 bits per heavy atom. The fraction of sp³-hybridized carbons (Fsp3) is 0.250. The average molecular weight is 1380 g/mol. The first kappa shape index (κ1) is 63.5. The first-order chi connectivity index (χ1) is 45.2. The Hall–Kier alpha value is -9.24. The molecule has 0 saturated carbocycles. The number of carbonyl (C=O) groups excluding carboxylic acids is 4. The zero-order valence-electron chi connectivity index (χ0n) is 54.1. The maximum absolute atomic E-state index is 15.0. The molecule has 0 saturated heterocycles. The van der Waals surface area contributed by atoms with Crippen molar-refractivity contribution in [2.75, 3.05) is 28.4 Å². The monoisotopic (exact) mass is 1380 g/mol. The van der Waals surface area contributed by atoms with E-state index >= 15 is 9.59 Å². The summed E-state index contributed by atoms with van der Waals surface area (Å²) in [4.78, 5) is 56.9. The lowest BCUT2D eigenvalue weighted by atomic mass is 9.55. The Morgan fingerprint density at radius 2 is 0.755 bits per heavy atom. The van der Waals surface area contributed by atoms with Crippen LogP contribution in [0.2, 0.25) is 0 Å². The summed E-state index contributed by atoms with van der Waals surface area (Å²) < 4.78 is 50.8. The number of allylic oxidation sites excluding steroid dienone is 6. The van der Waals surface area contributed by atoms with E-state index in [9.17, 15) is 9.59 Å². The van der Waals surface area contributed by atoms with Crippen molar-refractivity contribution in [2.45, 2.75) is 91.3 Å². The van der Waals surface area contributed by atoms with Crippen molar-refractivity contribution in [3.8, 4) is 46.0 Å². The van der Waals surface area contributed by atoms with E-state index in [-0.39, 0.29) is 58.2 Å². The van der Waals surface area contributed by atoms with E-state index in [0.29, 0.717) is 67.9 Å². The number of esters is 2. The molecule has 8 aromatic rings.